The number of sulfonamides is 1. The van der Waals surface area contributed by atoms with E-state index in [2.05, 4.69) is 4.72 Å². The fourth-order valence-electron chi connectivity index (χ4n) is 2.61. The number of amides is 1. The number of hydrogen-bond donors (Lipinski definition) is 1. The molecule has 0 saturated carbocycles. The number of ether oxygens (including phenoxy) is 1. The maximum atomic E-state index is 12.4. The van der Waals surface area contributed by atoms with Gasteiger partial charge in [0.05, 0.1) is 18.1 Å². The minimum absolute atomic E-state index is 0.131. The summed E-state index contributed by atoms with van der Waals surface area (Å²) in [6.45, 7) is 7.60. The summed E-state index contributed by atoms with van der Waals surface area (Å²) in [5, 5.41) is 0. The summed E-state index contributed by atoms with van der Waals surface area (Å²) < 4.78 is 32.3. The number of hydrogen-bond acceptors (Lipinski definition) is 5. The highest BCUT2D eigenvalue weighted by Gasteiger charge is 2.31. The number of morpholine rings is 1. The molecule has 0 spiro atoms. The first-order valence-electron chi connectivity index (χ1n) is 7.31. The molecule has 1 fully saturated rings. The molecule has 0 aromatic heterocycles. The lowest BCUT2D eigenvalue weighted by Gasteiger charge is -2.33. The SMILES string of the molecule is CCN1CCOCC1C(=O)NS(=O)(=O)c1ccc(C)cc1C. The van der Waals surface area contributed by atoms with Gasteiger partial charge in [0.2, 0.25) is 0 Å². The normalized spacial score (nSPS) is 19.9. The first-order valence-corrected chi connectivity index (χ1v) is 8.79. The van der Waals surface area contributed by atoms with Crippen molar-refractivity contribution in [3.63, 3.8) is 0 Å². The van der Waals surface area contributed by atoms with Gasteiger partial charge in [0, 0.05) is 6.54 Å². The van der Waals surface area contributed by atoms with Gasteiger partial charge in [-0.15, -0.1) is 0 Å². The topological polar surface area (TPSA) is 75.7 Å². The Hall–Kier alpha value is -1.44. The Balaban J connectivity index is 2.19. The van der Waals surface area contributed by atoms with Crippen LogP contribution in [0.25, 0.3) is 0 Å². The highest BCUT2D eigenvalue weighted by Crippen LogP contribution is 2.17. The Kier molecular flexibility index (Phi) is 5.20. The van der Waals surface area contributed by atoms with Crippen molar-refractivity contribution in [1.82, 2.24) is 9.62 Å². The van der Waals surface area contributed by atoms with E-state index in [-0.39, 0.29) is 11.5 Å². The van der Waals surface area contributed by atoms with Crippen molar-refractivity contribution in [1.29, 1.82) is 0 Å². The molecule has 1 N–H and O–H groups in total. The second-order valence-electron chi connectivity index (χ2n) is 5.46. The molecule has 0 aliphatic carbocycles. The standard InChI is InChI=1S/C15H22N2O4S/c1-4-17-7-8-21-10-13(17)15(18)16-22(19,20)14-6-5-11(2)9-12(14)3/h5-6,9,13H,4,7-8,10H2,1-3H3,(H,16,18). The molecule has 6 nitrogen and oxygen atoms in total. The Bertz CT molecular complexity index is 658. The highest BCUT2D eigenvalue weighted by atomic mass is 32.2. The minimum atomic E-state index is -3.87. The molecule has 22 heavy (non-hydrogen) atoms. The quantitative estimate of drug-likeness (QED) is 0.887. The molecule has 1 aromatic rings. The van der Waals surface area contributed by atoms with Gasteiger partial charge < -0.3 is 4.74 Å². The van der Waals surface area contributed by atoms with Crippen LogP contribution in [-0.2, 0) is 19.6 Å². The molecule has 1 saturated heterocycles. The second-order valence-corrected chi connectivity index (χ2v) is 7.11. The molecule has 122 valence electrons. The smallest absolute Gasteiger partial charge is 0.264 e. The van der Waals surface area contributed by atoms with E-state index in [4.69, 9.17) is 4.74 Å². The molecular formula is C15H22N2O4S. The van der Waals surface area contributed by atoms with Gasteiger partial charge in [-0.3, -0.25) is 9.69 Å². The summed E-state index contributed by atoms with van der Waals surface area (Å²) in [6.07, 6.45) is 0. The maximum absolute atomic E-state index is 12.4. The predicted octanol–water partition coefficient (Wildman–Crippen LogP) is 0.829. The van der Waals surface area contributed by atoms with Crippen LogP contribution in [0.4, 0.5) is 0 Å². The first kappa shape index (κ1) is 16.9. The van der Waals surface area contributed by atoms with Crippen molar-refractivity contribution in [2.75, 3.05) is 26.3 Å². The molecule has 0 radical (unpaired) electrons. The molecule has 0 bridgehead atoms. The van der Waals surface area contributed by atoms with Gasteiger partial charge in [0.15, 0.2) is 0 Å². The number of benzene rings is 1. The summed E-state index contributed by atoms with van der Waals surface area (Å²) in [4.78, 5) is 14.4. The molecular weight excluding hydrogens is 304 g/mol. The first-order chi connectivity index (χ1) is 10.3. The molecule has 1 unspecified atom stereocenters. The van der Waals surface area contributed by atoms with Crippen molar-refractivity contribution in [2.45, 2.75) is 31.7 Å². The van der Waals surface area contributed by atoms with Crippen molar-refractivity contribution in [2.24, 2.45) is 0 Å². The van der Waals surface area contributed by atoms with E-state index >= 15 is 0 Å². The zero-order chi connectivity index (χ0) is 16.3. The molecule has 2 rings (SSSR count). The van der Waals surface area contributed by atoms with Crippen LogP contribution in [0.15, 0.2) is 23.1 Å². The van der Waals surface area contributed by atoms with Crippen LogP contribution in [0.3, 0.4) is 0 Å². The fourth-order valence-corrected chi connectivity index (χ4v) is 3.86. The Morgan fingerprint density at radius 2 is 2.14 bits per heavy atom. The van der Waals surface area contributed by atoms with Gasteiger partial charge in [0.1, 0.15) is 6.04 Å². The molecule has 1 atom stereocenters. The van der Waals surface area contributed by atoms with Crippen LogP contribution >= 0.6 is 0 Å². The van der Waals surface area contributed by atoms with Gasteiger partial charge in [-0.1, -0.05) is 24.6 Å². The third-order valence-corrected chi connectivity index (χ3v) is 5.31. The van der Waals surface area contributed by atoms with E-state index in [0.29, 0.717) is 25.3 Å². The summed E-state index contributed by atoms with van der Waals surface area (Å²) in [5.41, 5.74) is 1.59. The number of likely N-dealkylation sites (N-methyl/N-ethyl adjacent to an activating group) is 1. The predicted molar refractivity (Wildman–Crippen MR) is 83.1 cm³/mol. The van der Waals surface area contributed by atoms with Crippen molar-refractivity contribution < 1.29 is 17.9 Å². The molecule has 7 heteroatoms. The van der Waals surface area contributed by atoms with E-state index in [9.17, 15) is 13.2 Å². The molecule has 1 aromatic carbocycles. The maximum Gasteiger partial charge on any atom is 0.264 e. The van der Waals surface area contributed by atoms with Crippen LogP contribution in [0.1, 0.15) is 18.1 Å². The third kappa shape index (κ3) is 3.66. The fraction of sp³-hybridized carbons (Fsp3) is 0.533. The van der Waals surface area contributed by atoms with E-state index in [1.165, 1.54) is 6.07 Å². The van der Waals surface area contributed by atoms with Gasteiger partial charge in [-0.25, -0.2) is 13.1 Å². The number of nitrogens with one attached hydrogen (secondary N) is 1. The Morgan fingerprint density at radius 3 is 2.77 bits per heavy atom. The number of carbonyl (C=O) groups is 1. The van der Waals surface area contributed by atoms with Gasteiger partial charge in [0.25, 0.3) is 15.9 Å². The lowest BCUT2D eigenvalue weighted by molar-refractivity contribution is -0.130. The molecule has 1 heterocycles. The van der Waals surface area contributed by atoms with Gasteiger partial charge in [-0.05, 0) is 32.0 Å². The largest absolute Gasteiger partial charge is 0.378 e. The van der Waals surface area contributed by atoms with Crippen molar-refractivity contribution >= 4 is 15.9 Å². The van der Waals surface area contributed by atoms with E-state index < -0.39 is 22.0 Å². The molecule has 1 amide bonds. The van der Waals surface area contributed by atoms with E-state index in [1.807, 2.05) is 18.7 Å². The van der Waals surface area contributed by atoms with Crippen LogP contribution in [0.2, 0.25) is 0 Å². The summed E-state index contributed by atoms with van der Waals surface area (Å²) in [7, 11) is -3.87. The van der Waals surface area contributed by atoms with Crippen LogP contribution in [-0.4, -0.2) is 51.6 Å². The molecule has 1 aliphatic rings. The van der Waals surface area contributed by atoms with Crippen LogP contribution in [0.5, 0.6) is 0 Å². The number of carbonyl (C=O) groups excluding carboxylic acids is 1. The zero-order valence-corrected chi connectivity index (χ0v) is 13.9. The third-order valence-electron chi connectivity index (χ3n) is 3.80. The van der Waals surface area contributed by atoms with Crippen molar-refractivity contribution in [3.8, 4) is 0 Å². The lowest BCUT2D eigenvalue weighted by atomic mass is 10.2. The minimum Gasteiger partial charge on any atom is -0.378 e. The summed E-state index contributed by atoms with van der Waals surface area (Å²) in [6, 6.07) is 4.45. The number of nitrogens with zero attached hydrogens (tertiary/aromatic N) is 1. The summed E-state index contributed by atoms with van der Waals surface area (Å²) >= 11 is 0. The van der Waals surface area contributed by atoms with E-state index in [0.717, 1.165) is 5.56 Å². The van der Waals surface area contributed by atoms with Gasteiger partial charge in [-0.2, -0.15) is 0 Å². The summed E-state index contributed by atoms with van der Waals surface area (Å²) in [5.74, 6) is -0.540. The van der Waals surface area contributed by atoms with Gasteiger partial charge >= 0.3 is 0 Å². The average molecular weight is 326 g/mol. The number of rotatable bonds is 4. The van der Waals surface area contributed by atoms with E-state index in [1.54, 1.807) is 19.1 Å². The van der Waals surface area contributed by atoms with Crippen molar-refractivity contribution in [3.05, 3.63) is 29.3 Å². The number of aryl methyl sites for hydroxylation is 2. The highest BCUT2D eigenvalue weighted by molar-refractivity contribution is 7.90. The Labute approximate surface area is 131 Å². The lowest BCUT2D eigenvalue weighted by Crippen LogP contribution is -2.54. The zero-order valence-electron chi connectivity index (χ0n) is 13.1. The average Bonchev–Trinajstić information content (AvgIpc) is 2.46. The van der Waals surface area contributed by atoms with Crippen LogP contribution < -0.4 is 4.72 Å². The van der Waals surface area contributed by atoms with Crippen LogP contribution in [0, 0.1) is 13.8 Å². The molecule has 1 aliphatic heterocycles. The monoisotopic (exact) mass is 326 g/mol. The Morgan fingerprint density at radius 1 is 1.41 bits per heavy atom. The second kappa shape index (κ2) is 6.76.